The largest absolute Gasteiger partial charge is 0.459 e. The highest BCUT2D eigenvalue weighted by Crippen LogP contribution is 2.24. The lowest BCUT2D eigenvalue weighted by Crippen LogP contribution is -2.50. The van der Waals surface area contributed by atoms with E-state index in [9.17, 15) is 9.59 Å². The summed E-state index contributed by atoms with van der Waals surface area (Å²) >= 11 is 0. The Balaban J connectivity index is 1.41. The third-order valence-electron chi connectivity index (χ3n) is 5.80. The number of furan rings is 1. The van der Waals surface area contributed by atoms with E-state index in [1.807, 2.05) is 0 Å². The molecule has 0 bridgehead atoms. The van der Waals surface area contributed by atoms with E-state index in [4.69, 9.17) is 4.42 Å². The molecule has 0 spiro atoms. The van der Waals surface area contributed by atoms with Crippen molar-refractivity contribution in [1.82, 2.24) is 19.8 Å². The summed E-state index contributed by atoms with van der Waals surface area (Å²) in [5.41, 5.74) is 0.418. The van der Waals surface area contributed by atoms with E-state index >= 15 is 0 Å². The van der Waals surface area contributed by atoms with E-state index in [-0.39, 0.29) is 11.8 Å². The molecule has 2 aromatic heterocycles. The van der Waals surface area contributed by atoms with Crippen molar-refractivity contribution in [2.75, 3.05) is 37.6 Å². The standard InChI is InChI=1S/C21H27N5O3/c1-2-16-6-3-4-10-26(16)21-22-9-8-17(23-21)19(27)24-11-13-25(14-12-24)20(28)18-7-5-15-29-18/h5,7-9,15-16H,2-4,6,10-14H2,1H3. The van der Waals surface area contributed by atoms with Gasteiger partial charge in [-0.05, 0) is 43.9 Å². The highest BCUT2D eigenvalue weighted by atomic mass is 16.3. The molecule has 1 atom stereocenters. The third-order valence-corrected chi connectivity index (χ3v) is 5.80. The van der Waals surface area contributed by atoms with Crippen LogP contribution in [0.15, 0.2) is 35.1 Å². The second kappa shape index (κ2) is 8.63. The fourth-order valence-electron chi connectivity index (χ4n) is 4.12. The van der Waals surface area contributed by atoms with E-state index < -0.39 is 0 Å². The summed E-state index contributed by atoms with van der Waals surface area (Å²) in [6.45, 7) is 5.03. The Hall–Kier alpha value is -2.90. The summed E-state index contributed by atoms with van der Waals surface area (Å²) in [4.78, 5) is 40.1. The van der Waals surface area contributed by atoms with Crippen molar-refractivity contribution in [2.24, 2.45) is 0 Å². The number of anilines is 1. The van der Waals surface area contributed by atoms with Gasteiger partial charge in [0.1, 0.15) is 5.69 Å². The lowest BCUT2D eigenvalue weighted by atomic mass is 10.0. The number of hydrogen-bond donors (Lipinski definition) is 0. The van der Waals surface area contributed by atoms with E-state index in [1.165, 1.54) is 12.7 Å². The van der Waals surface area contributed by atoms with Gasteiger partial charge in [0, 0.05) is 45.0 Å². The minimum Gasteiger partial charge on any atom is -0.459 e. The molecule has 4 heterocycles. The van der Waals surface area contributed by atoms with Crippen LogP contribution in [-0.4, -0.2) is 70.3 Å². The first kappa shape index (κ1) is 19.4. The van der Waals surface area contributed by atoms with Gasteiger partial charge in [0.25, 0.3) is 11.8 Å². The average Bonchev–Trinajstić information content (AvgIpc) is 3.33. The van der Waals surface area contributed by atoms with Crippen molar-refractivity contribution >= 4 is 17.8 Å². The maximum Gasteiger partial charge on any atom is 0.289 e. The molecular weight excluding hydrogens is 370 g/mol. The van der Waals surface area contributed by atoms with E-state index in [0.29, 0.717) is 49.6 Å². The van der Waals surface area contributed by atoms with Gasteiger partial charge in [-0.3, -0.25) is 9.59 Å². The maximum atomic E-state index is 13.0. The number of carbonyl (C=O) groups is 2. The van der Waals surface area contributed by atoms with Crippen molar-refractivity contribution in [1.29, 1.82) is 0 Å². The van der Waals surface area contributed by atoms with Crippen molar-refractivity contribution in [3.8, 4) is 0 Å². The molecule has 1 unspecified atom stereocenters. The first-order chi connectivity index (χ1) is 14.2. The number of piperidine rings is 1. The molecule has 0 saturated carbocycles. The summed E-state index contributed by atoms with van der Waals surface area (Å²) in [5, 5.41) is 0. The number of aromatic nitrogens is 2. The molecule has 0 radical (unpaired) electrons. The van der Waals surface area contributed by atoms with Crippen molar-refractivity contribution in [3.05, 3.63) is 42.1 Å². The number of nitrogens with zero attached hydrogens (tertiary/aromatic N) is 5. The first-order valence-corrected chi connectivity index (χ1v) is 10.4. The van der Waals surface area contributed by atoms with Crippen LogP contribution in [-0.2, 0) is 0 Å². The number of hydrogen-bond acceptors (Lipinski definition) is 6. The van der Waals surface area contributed by atoms with Crippen LogP contribution < -0.4 is 4.90 Å². The van der Waals surface area contributed by atoms with Gasteiger partial charge < -0.3 is 19.1 Å². The smallest absolute Gasteiger partial charge is 0.289 e. The van der Waals surface area contributed by atoms with Crippen LogP contribution in [0.4, 0.5) is 5.95 Å². The summed E-state index contributed by atoms with van der Waals surface area (Å²) in [6, 6.07) is 5.47. The molecule has 4 rings (SSSR count). The van der Waals surface area contributed by atoms with Crippen LogP contribution in [0, 0.1) is 0 Å². The normalized spacial score (nSPS) is 20.0. The van der Waals surface area contributed by atoms with Crippen molar-refractivity contribution in [2.45, 2.75) is 38.6 Å². The Kier molecular flexibility index (Phi) is 5.78. The monoisotopic (exact) mass is 397 g/mol. The number of piperazine rings is 1. The van der Waals surface area contributed by atoms with Crippen LogP contribution in [0.25, 0.3) is 0 Å². The predicted octanol–water partition coefficient (Wildman–Crippen LogP) is 2.44. The average molecular weight is 397 g/mol. The van der Waals surface area contributed by atoms with Crippen LogP contribution in [0.3, 0.4) is 0 Å². The molecule has 2 aliphatic heterocycles. The topological polar surface area (TPSA) is 82.8 Å². The molecule has 154 valence electrons. The van der Waals surface area contributed by atoms with E-state index in [1.54, 1.807) is 34.2 Å². The zero-order chi connectivity index (χ0) is 20.2. The maximum absolute atomic E-state index is 13.0. The number of carbonyl (C=O) groups excluding carboxylic acids is 2. The lowest BCUT2D eigenvalue weighted by Gasteiger charge is -2.36. The molecule has 29 heavy (non-hydrogen) atoms. The minimum absolute atomic E-state index is 0.108. The zero-order valence-corrected chi connectivity index (χ0v) is 16.8. The summed E-state index contributed by atoms with van der Waals surface area (Å²) in [5.74, 6) is 0.734. The Bertz CT molecular complexity index is 846. The van der Waals surface area contributed by atoms with Crippen molar-refractivity contribution in [3.63, 3.8) is 0 Å². The van der Waals surface area contributed by atoms with Crippen LogP contribution in [0.5, 0.6) is 0 Å². The van der Waals surface area contributed by atoms with Gasteiger partial charge in [0.05, 0.1) is 6.26 Å². The Labute approximate surface area is 170 Å². The van der Waals surface area contributed by atoms with Gasteiger partial charge in [0.2, 0.25) is 5.95 Å². The van der Waals surface area contributed by atoms with Gasteiger partial charge in [-0.25, -0.2) is 9.97 Å². The lowest BCUT2D eigenvalue weighted by molar-refractivity contribution is 0.0515. The molecule has 0 N–H and O–H groups in total. The number of amides is 2. The van der Waals surface area contributed by atoms with Gasteiger partial charge >= 0.3 is 0 Å². The molecule has 0 aliphatic carbocycles. The minimum atomic E-state index is -0.137. The summed E-state index contributed by atoms with van der Waals surface area (Å²) in [6.07, 6.45) is 7.72. The van der Waals surface area contributed by atoms with E-state index in [2.05, 4.69) is 21.8 Å². The SMILES string of the molecule is CCC1CCCCN1c1nccc(C(=O)N2CCN(C(=O)c3ccco3)CC2)n1. The van der Waals surface area contributed by atoms with Gasteiger partial charge in [-0.1, -0.05) is 6.92 Å². The molecular formula is C21H27N5O3. The molecule has 2 amide bonds. The predicted molar refractivity (Wildman–Crippen MR) is 108 cm³/mol. The Morgan fingerprint density at radius 1 is 1.07 bits per heavy atom. The third kappa shape index (κ3) is 4.11. The fraction of sp³-hybridized carbons (Fsp3) is 0.524. The molecule has 8 heteroatoms. The van der Waals surface area contributed by atoms with Crippen LogP contribution in [0.2, 0.25) is 0 Å². The van der Waals surface area contributed by atoms with Crippen LogP contribution in [0.1, 0.15) is 53.7 Å². The Morgan fingerprint density at radius 2 is 1.83 bits per heavy atom. The molecule has 2 fully saturated rings. The first-order valence-electron chi connectivity index (χ1n) is 10.4. The fourth-order valence-corrected chi connectivity index (χ4v) is 4.12. The van der Waals surface area contributed by atoms with Gasteiger partial charge in [-0.2, -0.15) is 0 Å². The Morgan fingerprint density at radius 3 is 2.52 bits per heavy atom. The molecule has 2 aromatic rings. The zero-order valence-electron chi connectivity index (χ0n) is 16.8. The van der Waals surface area contributed by atoms with Gasteiger partial charge in [0.15, 0.2) is 5.76 Å². The number of rotatable bonds is 4. The highest BCUT2D eigenvalue weighted by Gasteiger charge is 2.28. The van der Waals surface area contributed by atoms with Crippen molar-refractivity contribution < 1.29 is 14.0 Å². The molecule has 0 aromatic carbocycles. The molecule has 8 nitrogen and oxygen atoms in total. The second-order valence-electron chi connectivity index (χ2n) is 7.55. The quantitative estimate of drug-likeness (QED) is 0.788. The summed E-state index contributed by atoms with van der Waals surface area (Å²) < 4.78 is 5.19. The summed E-state index contributed by atoms with van der Waals surface area (Å²) in [7, 11) is 0. The highest BCUT2D eigenvalue weighted by molar-refractivity contribution is 5.93. The second-order valence-corrected chi connectivity index (χ2v) is 7.55. The van der Waals surface area contributed by atoms with Crippen LogP contribution >= 0.6 is 0 Å². The van der Waals surface area contributed by atoms with Gasteiger partial charge in [-0.15, -0.1) is 0 Å². The molecule has 2 aliphatic rings. The van der Waals surface area contributed by atoms with E-state index in [0.717, 1.165) is 25.8 Å². The molecule has 2 saturated heterocycles.